The second-order valence-electron chi connectivity index (χ2n) is 11.0. The van der Waals surface area contributed by atoms with Gasteiger partial charge in [-0.3, -0.25) is 14.7 Å². The van der Waals surface area contributed by atoms with Crippen LogP contribution < -0.4 is 10.1 Å². The van der Waals surface area contributed by atoms with Crippen molar-refractivity contribution in [3.63, 3.8) is 0 Å². The zero-order chi connectivity index (χ0) is 25.6. The first-order chi connectivity index (χ1) is 18.7. The van der Waals surface area contributed by atoms with E-state index >= 15 is 0 Å². The number of benzene rings is 3. The molecule has 5 heteroatoms. The van der Waals surface area contributed by atoms with E-state index in [-0.39, 0.29) is 18.0 Å². The molecule has 38 heavy (non-hydrogen) atoms. The van der Waals surface area contributed by atoms with Gasteiger partial charge in [0.25, 0.3) is 0 Å². The van der Waals surface area contributed by atoms with Crippen molar-refractivity contribution in [2.24, 2.45) is 11.8 Å². The first-order valence-electron chi connectivity index (χ1n) is 13.9. The normalized spacial score (nSPS) is 24.8. The summed E-state index contributed by atoms with van der Waals surface area (Å²) in [5.74, 6) is 2.57. The first kappa shape index (κ1) is 23.4. The van der Waals surface area contributed by atoms with Gasteiger partial charge in [-0.25, -0.2) is 0 Å². The number of fused-ring (bicyclic) bond motifs is 6. The number of nitrogens with zero attached hydrogens (tertiary/aromatic N) is 2. The van der Waals surface area contributed by atoms with Crippen molar-refractivity contribution in [3.05, 3.63) is 102 Å². The van der Waals surface area contributed by atoms with Crippen LogP contribution in [0.1, 0.15) is 54.8 Å². The molecule has 8 rings (SSSR count). The highest BCUT2D eigenvalue weighted by Gasteiger charge is 2.44. The molecule has 5 atom stereocenters. The highest BCUT2D eigenvalue weighted by molar-refractivity contribution is 5.91. The van der Waals surface area contributed by atoms with Crippen molar-refractivity contribution < 1.29 is 9.53 Å². The number of nitrogens with one attached hydrogen (secondary N) is 1. The maximum absolute atomic E-state index is 14.4. The Morgan fingerprint density at radius 2 is 1.71 bits per heavy atom. The zero-order valence-electron chi connectivity index (χ0n) is 21.7. The molecule has 4 aliphatic rings. The second kappa shape index (κ2) is 9.55. The van der Waals surface area contributed by atoms with E-state index in [9.17, 15) is 4.79 Å². The maximum Gasteiger partial charge on any atom is 0.232 e. The van der Waals surface area contributed by atoms with E-state index in [1.54, 1.807) is 0 Å². The van der Waals surface area contributed by atoms with Crippen LogP contribution in [0.4, 0.5) is 0 Å². The van der Waals surface area contributed by atoms with Crippen molar-refractivity contribution in [2.75, 3.05) is 13.1 Å². The fourth-order valence-electron chi connectivity index (χ4n) is 7.19. The Hall–Kier alpha value is -3.70. The molecular weight excluding hydrogens is 470 g/mol. The topological polar surface area (TPSA) is 54.5 Å². The van der Waals surface area contributed by atoms with Crippen LogP contribution in [-0.4, -0.2) is 34.9 Å². The van der Waals surface area contributed by atoms with Crippen LogP contribution >= 0.6 is 0 Å². The van der Waals surface area contributed by atoms with Gasteiger partial charge in [0.05, 0.1) is 17.5 Å². The van der Waals surface area contributed by atoms with Crippen molar-refractivity contribution in [1.29, 1.82) is 0 Å². The summed E-state index contributed by atoms with van der Waals surface area (Å²) in [6.07, 6.45) is 5.48. The summed E-state index contributed by atoms with van der Waals surface area (Å²) < 4.78 is 6.19. The van der Waals surface area contributed by atoms with Gasteiger partial charge >= 0.3 is 0 Å². The van der Waals surface area contributed by atoms with Crippen molar-refractivity contribution in [1.82, 2.24) is 15.2 Å². The SMILES string of the molecule is CCC1CN2CCC1CC2C(NC(=O)C1c2ccccc2Oc2ccccc21)c1ccnc2ccccc12. The Morgan fingerprint density at radius 3 is 2.42 bits per heavy atom. The summed E-state index contributed by atoms with van der Waals surface area (Å²) >= 11 is 0. The molecule has 3 saturated heterocycles. The van der Waals surface area contributed by atoms with E-state index in [0.29, 0.717) is 5.92 Å². The maximum atomic E-state index is 14.4. The molecule has 5 nitrogen and oxygen atoms in total. The number of hydrogen-bond donors (Lipinski definition) is 1. The molecular formula is C33H33N3O2. The Kier molecular flexibility index (Phi) is 5.89. The molecule has 0 saturated carbocycles. The molecule has 1 N–H and O–H groups in total. The summed E-state index contributed by atoms with van der Waals surface area (Å²) in [5, 5.41) is 4.71. The number of aromatic nitrogens is 1. The van der Waals surface area contributed by atoms with Crippen LogP contribution in [0.2, 0.25) is 0 Å². The molecule has 3 aromatic carbocycles. The molecule has 192 valence electrons. The van der Waals surface area contributed by atoms with Gasteiger partial charge in [0.15, 0.2) is 0 Å². The molecule has 5 heterocycles. The Balaban J connectivity index is 1.31. The predicted molar refractivity (Wildman–Crippen MR) is 149 cm³/mol. The lowest BCUT2D eigenvalue weighted by Gasteiger charge is -2.52. The summed E-state index contributed by atoms with van der Waals surface area (Å²) in [6.45, 7) is 4.53. The second-order valence-corrected chi connectivity index (χ2v) is 11.0. The molecule has 4 aromatic rings. The molecule has 2 bridgehead atoms. The highest BCUT2D eigenvalue weighted by Crippen LogP contribution is 2.46. The number of amides is 1. The minimum Gasteiger partial charge on any atom is -0.457 e. The summed E-state index contributed by atoms with van der Waals surface area (Å²) in [6, 6.07) is 26.4. The van der Waals surface area contributed by atoms with Crippen LogP contribution in [0.3, 0.4) is 0 Å². The molecule has 4 aliphatic heterocycles. The number of carbonyl (C=O) groups excluding carboxylic acids is 1. The predicted octanol–water partition coefficient (Wildman–Crippen LogP) is 6.45. The van der Waals surface area contributed by atoms with Gasteiger partial charge in [0.1, 0.15) is 11.5 Å². The zero-order valence-corrected chi connectivity index (χ0v) is 21.7. The van der Waals surface area contributed by atoms with Gasteiger partial charge in [-0.15, -0.1) is 0 Å². The third-order valence-corrected chi connectivity index (χ3v) is 9.10. The van der Waals surface area contributed by atoms with E-state index in [1.165, 1.54) is 12.8 Å². The van der Waals surface area contributed by atoms with Gasteiger partial charge in [-0.2, -0.15) is 0 Å². The van der Waals surface area contributed by atoms with Gasteiger partial charge in [0, 0.05) is 35.3 Å². The molecule has 0 radical (unpaired) electrons. The van der Waals surface area contributed by atoms with E-state index in [1.807, 2.05) is 60.8 Å². The van der Waals surface area contributed by atoms with Crippen molar-refractivity contribution in [3.8, 4) is 11.5 Å². The summed E-state index contributed by atoms with van der Waals surface area (Å²) in [4.78, 5) is 21.7. The van der Waals surface area contributed by atoms with E-state index in [2.05, 4.69) is 46.4 Å². The fourth-order valence-corrected chi connectivity index (χ4v) is 7.19. The standard InChI is InChI=1S/C33H33N3O2/c1-2-21-20-36-18-16-22(21)19-28(36)32(24-15-17-34-27-12-6-3-9-23(24)27)35-33(37)31-25-10-4-7-13-29(25)38-30-14-8-5-11-26(30)31/h3-15,17,21-22,28,31-32H,2,16,18-20H2,1H3,(H,35,37). The third-order valence-electron chi connectivity index (χ3n) is 9.10. The Morgan fingerprint density at radius 1 is 1.00 bits per heavy atom. The summed E-state index contributed by atoms with van der Waals surface area (Å²) in [5.41, 5.74) is 3.95. The minimum absolute atomic E-state index is 0.0220. The average molecular weight is 504 g/mol. The molecule has 0 spiro atoms. The number of carbonyl (C=O) groups is 1. The number of pyridine rings is 1. The lowest BCUT2D eigenvalue weighted by Crippen LogP contribution is -2.58. The third kappa shape index (κ3) is 3.88. The van der Waals surface area contributed by atoms with Crippen molar-refractivity contribution in [2.45, 2.75) is 44.2 Å². The quantitative estimate of drug-likeness (QED) is 0.340. The molecule has 0 aliphatic carbocycles. The average Bonchev–Trinajstić information content (AvgIpc) is 2.98. The lowest BCUT2D eigenvalue weighted by molar-refractivity contribution is -0.124. The number of para-hydroxylation sites is 3. The van der Waals surface area contributed by atoms with Crippen LogP contribution in [0.5, 0.6) is 11.5 Å². The van der Waals surface area contributed by atoms with Crippen LogP contribution in [-0.2, 0) is 4.79 Å². The highest BCUT2D eigenvalue weighted by atomic mass is 16.5. The van der Waals surface area contributed by atoms with Crippen LogP contribution in [0.15, 0.2) is 85.1 Å². The minimum atomic E-state index is -0.425. The number of piperidine rings is 3. The smallest absolute Gasteiger partial charge is 0.232 e. The van der Waals surface area contributed by atoms with E-state index in [0.717, 1.165) is 64.5 Å². The lowest BCUT2D eigenvalue weighted by atomic mass is 9.72. The van der Waals surface area contributed by atoms with Crippen LogP contribution in [0, 0.1) is 11.8 Å². The van der Waals surface area contributed by atoms with Gasteiger partial charge in [-0.1, -0.05) is 67.9 Å². The van der Waals surface area contributed by atoms with Crippen LogP contribution in [0.25, 0.3) is 10.9 Å². The van der Waals surface area contributed by atoms with Crippen molar-refractivity contribution >= 4 is 16.8 Å². The van der Waals surface area contributed by atoms with E-state index < -0.39 is 5.92 Å². The van der Waals surface area contributed by atoms with Gasteiger partial charge in [0.2, 0.25) is 5.91 Å². The Bertz CT molecular complexity index is 1450. The number of rotatable bonds is 5. The molecule has 1 amide bonds. The number of ether oxygens (including phenoxy) is 1. The Labute approximate surface area is 223 Å². The van der Waals surface area contributed by atoms with Gasteiger partial charge in [-0.05, 0) is 61.1 Å². The largest absolute Gasteiger partial charge is 0.457 e. The number of hydrogen-bond acceptors (Lipinski definition) is 4. The van der Waals surface area contributed by atoms with Gasteiger partial charge < -0.3 is 10.1 Å². The molecule has 5 unspecified atom stereocenters. The molecule has 3 fully saturated rings. The molecule has 1 aromatic heterocycles. The monoisotopic (exact) mass is 503 g/mol. The first-order valence-corrected chi connectivity index (χ1v) is 13.9. The summed E-state index contributed by atoms with van der Waals surface area (Å²) in [7, 11) is 0. The van der Waals surface area contributed by atoms with E-state index in [4.69, 9.17) is 4.74 Å². The fraction of sp³-hybridized carbons (Fsp3) is 0.333.